The highest BCUT2D eigenvalue weighted by Crippen LogP contribution is 2.12. The van der Waals surface area contributed by atoms with Gasteiger partial charge in [0.05, 0.1) is 11.8 Å². The van der Waals surface area contributed by atoms with Gasteiger partial charge < -0.3 is 10.4 Å². The van der Waals surface area contributed by atoms with Crippen molar-refractivity contribution < 1.29 is 9.90 Å². The summed E-state index contributed by atoms with van der Waals surface area (Å²) in [6, 6.07) is 1.76. The van der Waals surface area contributed by atoms with E-state index in [1.54, 1.807) is 36.8 Å². The van der Waals surface area contributed by atoms with Crippen LogP contribution in [-0.4, -0.2) is 38.3 Å². The van der Waals surface area contributed by atoms with Gasteiger partial charge in [0.25, 0.3) is 5.91 Å². The molecule has 2 N–H and O–H groups in total. The van der Waals surface area contributed by atoms with Gasteiger partial charge in [0.2, 0.25) is 0 Å². The molecule has 1 amide bonds. The fraction of sp³-hybridized carbons (Fsp3) is 0.417. The molecule has 2 aromatic rings. The zero-order valence-corrected chi connectivity index (χ0v) is 10.4. The van der Waals surface area contributed by atoms with E-state index < -0.39 is 6.10 Å². The maximum absolute atomic E-state index is 12.0. The highest BCUT2D eigenvalue weighted by atomic mass is 16.3. The largest absolute Gasteiger partial charge is 0.393 e. The molecule has 6 nitrogen and oxygen atoms in total. The molecule has 0 aliphatic rings. The number of aliphatic hydroxyl groups excluding tert-OH is 1. The summed E-state index contributed by atoms with van der Waals surface area (Å²) in [5.74, 6) is -0.207. The predicted molar refractivity (Wildman–Crippen MR) is 66.4 cm³/mol. The first kappa shape index (κ1) is 12.5. The molecule has 1 unspecified atom stereocenters. The summed E-state index contributed by atoms with van der Waals surface area (Å²) < 4.78 is 1.58. The van der Waals surface area contributed by atoms with Gasteiger partial charge in [-0.3, -0.25) is 4.79 Å². The van der Waals surface area contributed by atoms with Gasteiger partial charge in [0, 0.05) is 18.9 Å². The number of carbonyl (C=O) groups excluding carboxylic acids is 1. The van der Waals surface area contributed by atoms with Crippen LogP contribution in [-0.2, 0) is 0 Å². The second kappa shape index (κ2) is 5.14. The minimum atomic E-state index is -0.423. The standard InChI is InChI=1S/C12H16N4O2/c1-8(17)4-6-14-12(18)10-9(2)15-16-7-3-5-13-11(10)16/h3,5,7-8,17H,4,6H2,1-2H3,(H,14,18). The van der Waals surface area contributed by atoms with Gasteiger partial charge in [-0.05, 0) is 26.3 Å². The first-order chi connectivity index (χ1) is 8.59. The van der Waals surface area contributed by atoms with Gasteiger partial charge in [-0.2, -0.15) is 5.10 Å². The van der Waals surface area contributed by atoms with Crippen LogP contribution >= 0.6 is 0 Å². The molecule has 0 saturated carbocycles. The summed E-state index contributed by atoms with van der Waals surface area (Å²) in [5, 5.41) is 16.1. The molecule has 2 aromatic heterocycles. The number of aliphatic hydroxyl groups is 1. The molecule has 2 heterocycles. The molecule has 0 aliphatic carbocycles. The molecule has 1 atom stereocenters. The van der Waals surface area contributed by atoms with Crippen LogP contribution in [0.15, 0.2) is 18.5 Å². The van der Waals surface area contributed by atoms with E-state index in [1.807, 2.05) is 0 Å². The first-order valence-corrected chi connectivity index (χ1v) is 5.86. The van der Waals surface area contributed by atoms with Crippen LogP contribution < -0.4 is 5.32 Å². The van der Waals surface area contributed by atoms with E-state index >= 15 is 0 Å². The maximum atomic E-state index is 12.0. The summed E-state index contributed by atoms with van der Waals surface area (Å²) in [6.45, 7) is 3.90. The number of rotatable bonds is 4. The molecule has 96 valence electrons. The summed E-state index contributed by atoms with van der Waals surface area (Å²) >= 11 is 0. The van der Waals surface area contributed by atoms with Gasteiger partial charge >= 0.3 is 0 Å². The molecular weight excluding hydrogens is 232 g/mol. The average Bonchev–Trinajstić information content (AvgIpc) is 2.64. The molecule has 0 aliphatic heterocycles. The van der Waals surface area contributed by atoms with Crippen LogP contribution in [0.4, 0.5) is 0 Å². The zero-order valence-electron chi connectivity index (χ0n) is 10.4. The van der Waals surface area contributed by atoms with Crippen molar-refractivity contribution in [2.75, 3.05) is 6.54 Å². The Bertz CT molecular complexity index is 562. The van der Waals surface area contributed by atoms with Crippen molar-refractivity contribution in [3.05, 3.63) is 29.7 Å². The van der Waals surface area contributed by atoms with Crippen LogP contribution in [0.2, 0.25) is 0 Å². The van der Waals surface area contributed by atoms with Crippen LogP contribution in [0.25, 0.3) is 5.65 Å². The molecule has 0 spiro atoms. The molecular formula is C12H16N4O2. The monoisotopic (exact) mass is 248 g/mol. The fourth-order valence-electron chi connectivity index (χ4n) is 1.75. The second-order valence-electron chi connectivity index (χ2n) is 4.24. The van der Waals surface area contributed by atoms with Crippen LogP contribution in [0.3, 0.4) is 0 Å². The van der Waals surface area contributed by atoms with Gasteiger partial charge in [-0.15, -0.1) is 0 Å². The van der Waals surface area contributed by atoms with E-state index in [9.17, 15) is 4.79 Å². The molecule has 2 rings (SSSR count). The molecule has 18 heavy (non-hydrogen) atoms. The number of aryl methyl sites for hydroxylation is 1. The van der Waals surface area contributed by atoms with E-state index in [0.717, 1.165) is 0 Å². The van der Waals surface area contributed by atoms with E-state index in [2.05, 4.69) is 15.4 Å². The summed E-state index contributed by atoms with van der Waals surface area (Å²) in [7, 11) is 0. The Morgan fingerprint density at radius 1 is 1.61 bits per heavy atom. The van der Waals surface area contributed by atoms with Crippen molar-refractivity contribution in [1.82, 2.24) is 19.9 Å². The van der Waals surface area contributed by atoms with Crippen LogP contribution in [0.1, 0.15) is 29.4 Å². The topological polar surface area (TPSA) is 79.5 Å². The van der Waals surface area contributed by atoms with Crippen molar-refractivity contribution in [1.29, 1.82) is 0 Å². The third-order valence-electron chi connectivity index (χ3n) is 2.65. The smallest absolute Gasteiger partial charge is 0.257 e. The average molecular weight is 248 g/mol. The predicted octanol–water partition coefficient (Wildman–Crippen LogP) is 0.538. The Morgan fingerprint density at radius 3 is 3.11 bits per heavy atom. The second-order valence-corrected chi connectivity index (χ2v) is 4.24. The van der Waals surface area contributed by atoms with Crippen molar-refractivity contribution >= 4 is 11.6 Å². The lowest BCUT2D eigenvalue weighted by Gasteiger charge is -2.06. The maximum Gasteiger partial charge on any atom is 0.257 e. The summed E-state index contributed by atoms with van der Waals surface area (Å²) in [5.41, 5.74) is 1.67. The number of amides is 1. The minimum absolute atomic E-state index is 0.207. The molecule has 0 bridgehead atoms. The zero-order chi connectivity index (χ0) is 13.1. The molecule has 0 fully saturated rings. The lowest BCUT2D eigenvalue weighted by molar-refractivity contribution is 0.0946. The van der Waals surface area contributed by atoms with Crippen molar-refractivity contribution in [3.63, 3.8) is 0 Å². The number of carbonyl (C=O) groups is 1. The number of nitrogens with zero attached hydrogens (tertiary/aromatic N) is 3. The molecule has 6 heteroatoms. The van der Waals surface area contributed by atoms with Gasteiger partial charge in [0.15, 0.2) is 5.65 Å². The number of hydrogen-bond acceptors (Lipinski definition) is 4. The highest BCUT2D eigenvalue weighted by Gasteiger charge is 2.17. The molecule has 0 saturated heterocycles. The van der Waals surface area contributed by atoms with E-state index in [4.69, 9.17) is 5.11 Å². The van der Waals surface area contributed by atoms with Crippen LogP contribution in [0, 0.1) is 6.92 Å². The van der Waals surface area contributed by atoms with Gasteiger partial charge in [-0.1, -0.05) is 0 Å². The Balaban J connectivity index is 2.19. The Morgan fingerprint density at radius 2 is 2.39 bits per heavy atom. The number of nitrogens with one attached hydrogen (secondary N) is 1. The normalized spacial score (nSPS) is 12.6. The van der Waals surface area contributed by atoms with Gasteiger partial charge in [0.1, 0.15) is 5.56 Å². The Hall–Kier alpha value is -1.95. The lowest BCUT2D eigenvalue weighted by Crippen LogP contribution is -2.27. The third kappa shape index (κ3) is 2.48. The SMILES string of the molecule is Cc1nn2cccnc2c1C(=O)NCCC(C)O. The highest BCUT2D eigenvalue weighted by molar-refractivity contribution is 6.00. The minimum Gasteiger partial charge on any atom is -0.393 e. The Kier molecular flexibility index (Phi) is 3.57. The molecule has 0 radical (unpaired) electrons. The quantitative estimate of drug-likeness (QED) is 0.827. The van der Waals surface area contributed by atoms with E-state index in [1.165, 1.54) is 0 Å². The van der Waals surface area contributed by atoms with Crippen molar-refractivity contribution in [3.8, 4) is 0 Å². The lowest BCUT2D eigenvalue weighted by atomic mass is 10.2. The first-order valence-electron chi connectivity index (χ1n) is 5.86. The number of hydrogen-bond donors (Lipinski definition) is 2. The number of aromatic nitrogens is 3. The molecule has 0 aromatic carbocycles. The fourth-order valence-corrected chi connectivity index (χ4v) is 1.75. The van der Waals surface area contributed by atoms with Crippen LogP contribution in [0.5, 0.6) is 0 Å². The van der Waals surface area contributed by atoms with Crippen molar-refractivity contribution in [2.24, 2.45) is 0 Å². The van der Waals surface area contributed by atoms with E-state index in [-0.39, 0.29) is 5.91 Å². The van der Waals surface area contributed by atoms with E-state index in [0.29, 0.717) is 29.9 Å². The summed E-state index contributed by atoms with van der Waals surface area (Å²) in [4.78, 5) is 16.2. The van der Waals surface area contributed by atoms with Gasteiger partial charge in [-0.25, -0.2) is 9.50 Å². The third-order valence-corrected chi connectivity index (χ3v) is 2.65. The van der Waals surface area contributed by atoms with Crippen molar-refractivity contribution in [2.45, 2.75) is 26.4 Å². The number of fused-ring (bicyclic) bond motifs is 1. The Labute approximate surface area is 105 Å². The summed E-state index contributed by atoms with van der Waals surface area (Å²) in [6.07, 6.45) is 3.48.